The second-order valence-electron chi connectivity index (χ2n) is 16.9. The van der Waals surface area contributed by atoms with E-state index in [0.29, 0.717) is 16.4 Å². The molecule has 0 radical (unpaired) electrons. The van der Waals surface area contributed by atoms with Gasteiger partial charge in [0.1, 0.15) is 19.3 Å². The molecule has 3 saturated carbocycles. The Morgan fingerprint density at radius 1 is 0.978 bits per heavy atom. The number of hydrogen-bond donors (Lipinski definition) is 1. The van der Waals surface area contributed by atoms with Crippen LogP contribution in [0.1, 0.15) is 112 Å². The minimum atomic E-state index is -4.12. The molecule has 4 rings (SSSR count). The van der Waals surface area contributed by atoms with Crippen molar-refractivity contribution >= 4 is 14.0 Å². The molecule has 9 heteroatoms. The summed E-state index contributed by atoms with van der Waals surface area (Å²) in [4.78, 5) is 22.3. The monoisotopic (exact) mass is 654 g/mol. The molecule has 8 nitrogen and oxygen atoms in total. The molecule has 0 aliphatic heterocycles. The molecule has 0 aromatic carbocycles. The minimum Gasteiger partial charge on any atom is -0.434 e. The number of phosphoric ester groups is 1. The summed E-state index contributed by atoms with van der Waals surface area (Å²) in [5.74, 6) is 4.86. The molecule has 0 saturated heterocycles. The molecule has 0 aromatic rings. The summed E-state index contributed by atoms with van der Waals surface area (Å²) in [6.07, 6.45) is 15.5. The number of likely N-dealkylation sites (N-methyl/N-ethyl adjacent to an activating group) is 1. The molecule has 0 aromatic heterocycles. The third kappa shape index (κ3) is 9.37. The van der Waals surface area contributed by atoms with Gasteiger partial charge in [0.25, 0.3) is 0 Å². The van der Waals surface area contributed by atoms with Crippen LogP contribution in [0.5, 0.6) is 0 Å². The summed E-state index contributed by atoms with van der Waals surface area (Å²) < 4.78 is 33.7. The minimum absolute atomic E-state index is 0.0412. The van der Waals surface area contributed by atoms with Crippen LogP contribution in [0.4, 0.5) is 4.79 Å². The predicted octanol–water partition coefficient (Wildman–Crippen LogP) is 8.78. The van der Waals surface area contributed by atoms with Crippen LogP contribution in [0.2, 0.25) is 0 Å². The number of carbonyl (C=O) groups excluding carboxylic acids is 1. The van der Waals surface area contributed by atoms with Gasteiger partial charge in [-0.1, -0.05) is 65.5 Å². The van der Waals surface area contributed by atoms with E-state index in [4.69, 9.17) is 18.5 Å². The second kappa shape index (κ2) is 15.1. The van der Waals surface area contributed by atoms with E-state index in [1.165, 1.54) is 56.9 Å². The van der Waals surface area contributed by atoms with E-state index in [2.05, 4.69) is 40.7 Å². The van der Waals surface area contributed by atoms with Crippen molar-refractivity contribution in [3.8, 4) is 0 Å². The molecule has 0 amide bonds. The first-order valence-corrected chi connectivity index (χ1v) is 19.5. The molecule has 3 fully saturated rings. The smallest absolute Gasteiger partial charge is 0.434 e. The highest BCUT2D eigenvalue weighted by molar-refractivity contribution is 7.47. The van der Waals surface area contributed by atoms with Crippen LogP contribution in [-0.4, -0.2) is 69.1 Å². The van der Waals surface area contributed by atoms with Crippen LogP contribution >= 0.6 is 7.82 Å². The van der Waals surface area contributed by atoms with E-state index < -0.39 is 14.0 Å². The zero-order chi connectivity index (χ0) is 33.0. The van der Waals surface area contributed by atoms with E-state index in [0.717, 1.165) is 54.8 Å². The molecule has 9 atom stereocenters. The SMILES string of the molecule is CC(C)CCC[C@@H](C)[C@H]1CC[C@H]2[C@@H]3CC=C4C[C@@H](OC(=O)OCCCOP(=O)(O)OCC[N+](C)(C)C)CC[C@]4(C)[C@H]3CC[C@]12C. The maximum atomic E-state index is 12.5. The first kappa shape index (κ1) is 36.9. The first-order chi connectivity index (χ1) is 21.0. The highest BCUT2D eigenvalue weighted by Crippen LogP contribution is 2.67. The molecule has 0 heterocycles. The average Bonchev–Trinajstić information content (AvgIpc) is 3.29. The summed E-state index contributed by atoms with van der Waals surface area (Å²) >= 11 is 0. The standard InChI is InChI=1S/C36H64NO7P/c1-26(2)11-9-12-27(3)31-15-16-32-30-14-13-28-25-29(17-19-35(28,4)33(30)18-20-36(31,32)5)44-34(38)41-22-10-23-42-45(39,40)43-24-21-37(6,7)8/h13,26-27,29-33H,9-12,14-25H2,1-8H3/p+1/t27-,29+,30+,31-,32+,33+,35+,36-/m1/s1. The second-order valence-corrected chi connectivity index (χ2v) is 18.3. The lowest BCUT2D eigenvalue weighted by Crippen LogP contribution is -2.51. The van der Waals surface area contributed by atoms with Crippen LogP contribution in [0.15, 0.2) is 11.6 Å². The summed E-state index contributed by atoms with van der Waals surface area (Å²) in [5, 5.41) is 0. The van der Waals surface area contributed by atoms with Gasteiger partial charge in [0, 0.05) is 12.8 Å². The summed E-state index contributed by atoms with van der Waals surface area (Å²) in [6.45, 7) is 13.1. The lowest BCUT2D eigenvalue weighted by molar-refractivity contribution is -0.870. The van der Waals surface area contributed by atoms with Crippen LogP contribution in [0.25, 0.3) is 0 Å². The average molecular weight is 655 g/mol. The summed E-state index contributed by atoms with van der Waals surface area (Å²) in [5.41, 5.74) is 2.19. The van der Waals surface area contributed by atoms with Gasteiger partial charge < -0.3 is 18.9 Å². The van der Waals surface area contributed by atoms with E-state index in [9.17, 15) is 14.3 Å². The third-order valence-corrected chi connectivity index (χ3v) is 13.3. The zero-order valence-electron chi connectivity index (χ0n) is 29.7. The van der Waals surface area contributed by atoms with Gasteiger partial charge in [0.2, 0.25) is 0 Å². The number of rotatable bonds is 15. The van der Waals surface area contributed by atoms with E-state index in [1.54, 1.807) is 0 Å². The van der Waals surface area contributed by atoms with Gasteiger partial charge in [-0.25, -0.2) is 9.36 Å². The van der Waals surface area contributed by atoms with Crippen LogP contribution in [-0.2, 0) is 23.1 Å². The highest BCUT2D eigenvalue weighted by Gasteiger charge is 2.59. The highest BCUT2D eigenvalue weighted by atomic mass is 31.2. The molecule has 0 spiro atoms. The number of phosphoric acid groups is 1. The lowest BCUT2D eigenvalue weighted by Gasteiger charge is -2.58. The van der Waals surface area contributed by atoms with Gasteiger partial charge in [-0.15, -0.1) is 0 Å². The van der Waals surface area contributed by atoms with Crippen LogP contribution in [0.3, 0.4) is 0 Å². The number of fused-ring (bicyclic) bond motifs is 5. The maximum absolute atomic E-state index is 12.5. The van der Waals surface area contributed by atoms with Crippen molar-refractivity contribution in [2.24, 2.45) is 46.3 Å². The Labute approximate surface area is 274 Å². The molecule has 1 N–H and O–H groups in total. The Bertz CT molecular complexity index is 1070. The molecular formula is C36H65NO7P+. The third-order valence-electron chi connectivity index (χ3n) is 12.3. The van der Waals surface area contributed by atoms with E-state index in [1.807, 2.05) is 21.1 Å². The molecule has 1 unspecified atom stereocenters. The van der Waals surface area contributed by atoms with Crippen LogP contribution < -0.4 is 0 Å². The van der Waals surface area contributed by atoms with Gasteiger partial charge in [0.05, 0.1) is 34.4 Å². The van der Waals surface area contributed by atoms with E-state index >= 15 is 0 Å². The largest absolute Gasteiger partial charge is 0.508 e. The van der Waals surface area contributed by atoms with Crippen molar-refractivity contribution in [1.82, 2.24) is 0 Å². The van der Waals surface area contributed by atoms with E-state index in [-0.39, 0.29) is 37.8 Å². The molecule has 4 aliphatic carbocycles. The quantitative estimate of drug-likeness (QED) is 0.0621. The van der Waals surface area contributed by atoms with Gasteiger partial charge >= 0.3 is 14.0 Å². The van der Waals surface area contributed by atoms with Crippen molar-refractivity contribution in [3.05, 3.63) is 11.6 Å². The molecular weight excluding hydrogens is 589 g/mol. The maximum Gasteiger partial charge on any atom is 0.508 e. The normalized spacial score (nSPS) is 35.1. The fourth-order valence-corrected chi connectivity index (χ4v) is 10.5. The Balaban J connectivity index is 1.22. The molecule has 45 heavy (non-hydrogen) atoms. The number of allylic oxidation sites excluding steroid dienone is 1. The first-order valence-electron chi connectivity index (χ1n) is 18.0. The fraction of sp³-hybridized carbons (Fsp3) is 0.917. The summed E-state index contributed by atoms with van der Waals surface area (Å²) in [6, 6.07) is 0. The number of ether oxygens (including phenoxy) is 2. The number of nitrogens with zero attached hydrogens (tertiary/aromatic N) is 1. The number of hydrogen-bond acceptors (Lipinski definition) is 6. The molecule has 0 bridgehead atoms. The van der Waals surface area contributed by atoms with Gasteiger partial charge in [-0.05, 0) is 91.3 Å². The zero-order valence-corrected chi connectivity index (χ0v) is 30.6. The Hall–Kier alpha value is -0.920. The number of quaternary nitrogens is 1. The van der Waals surface area contributed by atoms with Gasteiger partial charge in [0.15, 0.2) is 0 Å². The predicted molar refractivity (Wildman–Crippen MR) is 179 cm³/mol. The topological polar surface area (TPSA) is 91.3 Å². The lowest BCUT2D eigenvalue weighted by atomic mass is 9.47. The Morgan fingerprint density at radius 3 is 2.42 bits per heavy atom. The van der Waals surface area contributed by atoms with Crippen LogP contribution in [0, 0.1) is 46.3 Å². The van der Waals surface area contributed by atoms with Crippen molar-refractivity contribution in [2.75, 3.05) is 47.5 Å². The molecule has 4 aliphatic rings. The molecule has 260 valence electrons. The Kier molecular flexibility index (Phi) is 12.4. The van der Waals surface area contributed by atoms with Crippen molar-refractivity contribution in [1.29, 1.82) is 0 Å². The van der Waals surface area contributed by atoms with Crippen molar-refractivity contribution in [3.63, 3.8) is 0 Å². The van der Waals surface area contributed by atoms with Crippen molar-refractivity contribution < 1.29 is 37.3 Å². The Morgan fingerprint density at radius 2 is 1.71 bits per heavy atom. The van der Waals surface area contributed by atoms with Gasteiger partial charge in [-0.2, -0.15) is 0 Å². The summed E-state index contributed by atoms with van der Waals surface area (Å²) in [7, 11) is 1.81. The van der Waals surface area contributed by atoms with Gasteiger partial charge in [-0.3, -0.25) is 9.05 Å². The fourth-order valence-electron chi connectivity index (χ4n) is 9.78. The van der Waals surface area contributed by atoms with Crippen molar-refractivity contribution in [2.45, 2.75) is 118 Å². The number of carbonyl (C=O) groups is 1.